The maximum absolute atomic E-state index is 13.5. The fourth-order valence-electron chi connectivity index (χ4n) is 1.37. The van der Waals surface area contributed by atoms with E-state index in [0.29, 0.717) is 5.56 Å². The zero-order chi connectivity index (χ0) is 10.7. The number of benzene rings is 1. The molecule has 3 heteroatoms. The van der Waals surface area contributed by atoms with Gasteiger partial charge in [0.05, 0.1) is 0 Å². The highest BCUT2D eigenvalue weighted by molar-refractivity contribution is 9.10. The van der Waals surface area contributed by atoms with Gasteiger partial charge in [0, 0.05) is 16.1 Å². The van der Waals surface area contributed by atoms with E-state index in [2.05, 4.69) is 22.9 Å². The third-order valence-corrected chi connectivity index (χ3v) is 3.28. The maximum Gasteiger partial charge on any atom is 0.129 e. The van der Waals surface area contributed by atoms with Crippen molar-refractivity contribution in [1.29, 1.82) is 0 Å². The van der Waals surface area contributed by atoms with E-state index in [-0.39, 0.29) is 17.8 Å². The summed E-state index contributed by atoms with van der Waals surface area (Å²) >= 11 is 3.33. The van der Waals surface area contributed by atoms with Crippen LogP contribution in [0.1, 0.15) is 31.9 Å². The summed E-state index contributed by atoms with van der Waals surface area (Å²) < 4.78 is 14.2. The quantitative estimate of drug-likeness (QED) is 0.882. The van der Waals surface area contributed by atoms with Crippen LogP contribution in [0.5, 0.6) is 0 Å². The van der Waals surface area contributed by atoms with Gasteiger partial charge in [0.2, 0.25) is 0 Å². The third-order valence-electron chi connectivity index (χ3n) is 2.59. The highest BCUT2D eigenvalue weighted by Gasteiger charge is 2.19. The molecule has 0 saturated heterocycles. The lowest BCUT2D eigenvalue weighted by molar-refractivity contribution is 0.438. The molecule has 0 spiro atoms. The third kappa shape index (κ3) is 2.34. The Balaban J connectivity index is 3.05. The molecule has 1 nitrogen and oxygen atoms in total. The topological polar surface area (TPSA) is 26.0 Å². The Morgan fingerprint density at radius 1 is 1.50 bits per heavy atom. The van der Waals surface area contributed by atoms with E-state index in [1.54, 1.807) is 6.07 Å². The Hall–Kier alpha value is -0.410. The molecule has 0 heterocycles. The number of hydrogen-bond donors (Lipinski definition) is 1. The summed E-state index contributed by atoms with van der Waals surface area (Å²) in [6.07, 6.45) is 0.946. The largest absolute Gasteiger partial charge is 0.324 e. The summed E-state index contributed by atoms with van der Waals surface area (Å²) in [6.45, 7) is 4.09. The van der Waals surface area contributed by atoms with Crippen molar-refractivity contribution in [3.8, 4) is 0 Å². The van der Waals surface area contributed by atoms with Crippen LogP contribution in [-0.4, -0.2) is 0 Å². The lowest BCUT2D eigenvalue weighted by Crippen LogP contribution is -2.20. The molecule has 0 radical (unpaired) electrons. The predicted octanol–water partition coefficient (Wildman–Crippen LogP) is 3.63. The van der Waals surface area contributed by atoms with Gasteiger partial charge < -0.3 is 5.73 Å². The lowest BCUT2D eigenvalue weighted by Gasteiger charge is -2.20. The van der Waals surface area contributed by atoms with Crippen LogP contribution in [0.2, 0.25) is 0 Å². The van der Waals surface area contributed by atoms with E-state index < -0.39 is 0 Å². The number of halogens is 2. The Morgan fingerprint density at radius 3 is 2.64 bits per heavy atom. The summed E-state index contributed by atoms with van der Waals surface area (Å²) in [4.78, 5) is 0. The second kappa shape index (κ2) is 4.89. The van der Waals surface area contributed by atoms with Crippen molar-refractivity contribution in [2.75, 3.05) is 0 Å². The van der Waals surface area contributed by atoms with Crippen LogP contribution >= 0.6 is 15.9 Å². The molecule has 2 N–H and O–H groups in total. The fourth-order valence-corrected chi connectivity index (χ4v) is 1.97. The molecule has 0 aliphatic heterocycles. The number of rotatable bonds is 3. The molecule has 0 aromatic heterocycles. The highest BCUT2D eigenvalue weighted by atomic mass is 79.9. The minimum Gasteiger partial charge on any atom is -0.324 e. The van der Waals surface area contributed by atoms with Crippen LogP contribution in [0.3, 0.4) is 0 Å². The molecule has 1 aromatic rings. The van der Waals surface area contributed by atoms with E-state index in [4.69, 9.17) is 5.73 Å². The monoisotopic (exact) mass is 259 g/mol. The van der Waals surface area contributed by atoms with Gasteiger partial charge >= 0.3 is 0 Å². The molecule has 0 aliphatic rings. The van der Waals surface area contributed by atoms with Crippen molar-refractivity contribution < 1.29 is 4.39 Å². The van der Waals surface area contributed by atoms with Gasteiger partial charge in [-0.25, -0.2) is 4.39 Å². The molecule has 1 aromatic carbocycles. The molecule has 1 rings (SSSR count). The van der Waals surface area contributed by atoms with Crippen LogP contribution < -0.4 is 5.73 Å². The SMILES string of the molecule is CCC(C)[C@H](N)c1c(F)cccc1Br. The van der Waals surface area contributed by atoms with Gasteiger partial charge in [0.15, 0.2) is 0 Å². The smallest absolute Gasteiger partial charge is 0.129 e. The summed E-state index contributed by atoms with van der Waals surface area (Å²) in [5.74, 6) is 0.0513. The molecular formula is C11H15BrFN. The highest BCUT2D eigenvalue weighted by Crippen LogP contribution is 2.30. The molecule has 0 amide bonds. The van der Waals surface area contributed by atoms with Crippen LogP contribution in [0.4, 0.5) is 4.39 Å². The fraction of sp³-hybridized carbons (Fsp3) is 0.455. The Kier molecular flexibility index (Phi) is 4.08. The molecule has 1 unspecified atom stereocenters. The van der Waals surface area contributed by atoms with Crippen LogP contribution in [-0.2, 0) is 0 Å². The van der Waals surface area contributed by atoms with E-state index >= 15 is 0 Å². The van der Waals surface area contributed by atoms with Crippen LogP contribution in [0.15, 0.2) is 22.7 Å². The van der Waals surface area contributed by atoms with Crippen LogP contribution in [0, 0.1) is 11.7 Å². The van der Waals surface area contributed by atoms with Gasteiger partial charge in [-0.15, -0.1) is 0 Å². The molecule has 0 fully saturated rings. The Morgan fingerprint density at radius 2 is 2.14 bits per heavy atom. The van der Waals surface area contributed by atoms with Gasteiger partial charge in [-0.2, -0.15) is 0 Å². The molecule has 2 atom stereocenters. The second-order valence-electron chi connectivity index (χ2n) is 3.55. The average Bonchev–Trinajstić information content (AvgIpc) is 2.16. The second-order valence-corrected chi connectivity index (χ2v) is 4.40. The predicted molar refractivity (Wildman–Crippen MR) is 60.5 cm³/mol. The van der Waals surface area contributed by atoms with Gasteiger partial charge in [-0.1, -0.05) is 42.3 Å². The van der Waals surface area contributed by atoms with Gasteiger partial charge in [0.25, 0.3) is 0 Å². The zero-order valence-corrected chi connectivity index (χ0v) is 10.0. The molecule has 0 saturated carbocycles. The Labute approximate surface area is 92.6 Å². The lowest BCUT2D eigenvalue weighted by atomic mass is 9.93. The van der Waals surface area contributed by atoms with Crippen molar-refractivity contribution in [3.05, 3.63) is 34.1 Å². The summed E-state index contributed by atoms with van der Waals surface area (Å²) in [7, 11) is 0. The van der Waals surface area contributed by atoms with Gasteiger partial charge in [-0.3, -0.25) is 0 Å². The first-order valence-electron chi connectivity index (χ1n) is 4.77. The average molecular weight is 260 g/mol. The van der Waals surface area contributed by atoms with E-state index in [1.807, 2.05) is 13.0 Å². The molecule has 0 bridgehead atoms. The van der Waals surface area contributed by atoms with E-state index in [1.165, 1.54) is 6.07 Å². The zero-order valence-electron chi connectivity index (χ0n) is 8.43. The summed E-state index contributed by atoms with van der Waals surface area (Å²) in [5.41, 5.74) is 6.57. The van der Waals surface area contributed by atoms with Gasteiger partial charge in [-0.05, 0) is 18.1 Å². The molecular weight excluding hydrogens is 245 g/mol. The standard InChI is InChI=1S/C11H15BrFN/c1-3-7(2)11(14)10-8(12)5-4-6-9(10)13/h4-7,11H,3,14H2,1-2H3/t7?,11-/m0/s1. The van der Waals surface area contributed by atoms with Gasteiger partial charge in [0.1, 0.15) is 5.82 Å². The van der Waals surface area contributed by atoms with Crippen molar-refractivity contribution in [2.24, 2.45) is 11.7 Å². The first-order valence-corrected chi connectivity index (χ1v) is 5.56. The maximum atomic E-state index is 13.5. The van der Waals surface area contributed by atoms with Crippen molar-refractivity contribution in [1.82, 2.24) is 0 Å². The Bertz CT molecular complexity index is 294. The van der Waals surface area contributed by atoms with Crippen LogP contribution in [0.25, 0.3) is 0 Å². The number of hydrogen-bond acceptors (Lipinski definition) is 1. The first-order chi connectivity index (χ1) is 6.57. The normalized spacial score (nSPS) is 15.2. The molecule has 0 aliphatic carbocycles. The van der Waals surface area contributed by atoms with E-state index in [0.717, 1.165) is 10.9 Å². The van der Waals surface area contributed by atoms with Crippen molar-refractivity contribution in [3.63, 3.8) is 0 Å². The van der Waals surface area contributed by atoms with E-state index in [9.17, 15) is 4.39 Å². The minimum absolute atomic E-state index is 0.229. The first kappa shape index (κ1) is 11.7. The molecule has 78 valence electrons. The minimum atomic E-state index is -0.240. The van der Waals surface area contributed by atoms with Crippen molar-refractivity contribution >= 4 is 15.9 Å². The van der Waals surface area contributed by atoms with Crippen molar-refractivity contribution in [2.45, 2.75) is 26.3 Å². The molecule has 14 heavy (non-hydrogen) atoms. The number of nitrogens with two attached hydrogens (primary N) is 1. The summed E-state index contributed by atoms with van der Waals surface area (Å²) in [6, 6.07) is 4.70. The summed E-state index contributed by atoms with van der Waals surface area (Å²) in [5, 5.41) is 0.